The van der Waals surface area contributed by atoms with Crippen LogP contribution in [0, 0.1) is 5.82 Å². The third-order valence-corrected chi connectivity index (χ3v) is 1.82. The molecule has 0 amide bonds. The van der Waals surface area contributed by atoms with E-state index in [0.29, 0.717) is 6.54 Å². The summed E-state index contributed by atoms with van der Waals surface area (Å²) in [5.41, 5.74) is 4.34. The van der Waals surface area contributed by atoms with Gasteiger partial charge in [-0.05, 0) is 23.8 Å². The summed E-state index contributed by atoms with van der Waals surface area (Å²) in [5, 5.41) is 0. The summed E-state index contributed by atoms with van der Waals surface area (Å²) in [6.45, 7) is 0.464. The highest BCUT2D eigenvalue weighted by molar-refractivity contribution is 5.52. The van der Waals surface area contributed by atoms with E-state index in [1.807, 2.05) is 19.0 Å². The van der Waals surface area contributed by atoms with Crippen molar-refractivity contribution in [3.05, 3.63) is 29.6 Å². The summed E-state index contributed by atoms with van der Waals surface area (Å²) in [4.78, 5) is 1.92. The molecule has 1 aromatic carbocycles. The number of nitrogens with one attached hydrogen (secondary N) is 1. The van der Waals surface area contributed by atoms with E-state index in [2.05, 4.69) is 5.43 Å². The molecule has 0 bridgehead atoms. The van der Waals surface area contributed by atoms with E-state index < -0.39 is 0 Å². The number of benzene rings is 1. The first-order valence-electron chi connectivity index (χ1n) is 4.04. The Balaban J connectivity index is 3.03. The lowest BCUT2D eigenvalue weighted by Gasteiger charge is -2.17. The number of rotatable bonds is 3. The van der Waals surface area contributed by atoms with Crippen LogP contribution in [0.2, 0.25) is 0 Å². The van der Waals surface area contributed by atoms with Crippen LogP contribution < -0.4 is 16.2 Å². The van der Waals surface area contributed by atoms with Gasteiger partial charge in [-0.2, -0.15) is 0 Å². The number of nitrogens with two attached hydrogens (primary N) is 1. The second-order valence-corrected chi connectivity index (χ2v) is 3.05. The van der Waals surface area contributed by atoms with Crippen molar-refractivity contribution in [2.45, 2.75) is 6.54 Å². The van der Waals surface area contributed by atoms with Gasteiger partial charge in [0.2, 0.25) is 0 Å². The molecule has 1 aromatic rings. The van der Waals surface area contributed by atoms with Crippen LogP contribution in [0.25, 0.3) is 0 Å². The minimum absolute atomic E-state index is 0.240. The highest BCUT2D eigenvalue weighted by atomic mass is 19.1. The Morgan fingerprint density at radius 3 is 2.69 bits per heavy atom. The maximum atomic E-state index is 12.8. The molecule has 0 atom stereocenters. The van der Waals surface area contributed by atoms with Crippen molar-refractivity contribution in [3.63, 3.8) is 0 Å². The van der Waals surface area contributed by atoms with Gasteiger partial charge in [-0.1, -0.05) is 0 Å². The van der Waals surface area contributed by atoms with Crippen molar-refractivity contribution in [2.24, 2.45) is 5.84 Å². The second kappa shape index (κ2) is 4.20. The van der Waals surface area contributed by atoms with Gasteiger partial charge in [0, 0.05) is 26.3 Å². The lowest BCUT2D eigenvalue weighted by atomic mass is 10.1. The monoisotopic (exact) mass is 183 g/mol. The molecule has 0 aliphatic rings. The highest BCUT2D eigenvalue weighted by Crippen LogP contribution is 2.19. The number of hydrogen-bond donors (Lipinski definition) is 2. The van der Waals surface area contributed by atoms with Crippen molar-refractivity contribution in [2.75, 3.05) is 19.0 Å². The van der Waals surface area contributed by atoms with Crippen LogP contribution in [0.3, 0.4) is 0 Å². The van der Waals surface area contributed by atoms with E-state index in [-0.39, 0.29) is 5.82 Å². The van der Waals surface area contributed by atoms with Gasteiger partial charge < -0.3 is 4.90 Å². The summed E-state index contributed by atoms with van der Waals surface area (Å²) in [7, 11) is 3.82. The topological polar surface area (TPSA) is 41.3 Å². The van der Waals surface area contributed by atoms with Gasteiger partial charge in [0.1, 0.15) is 5.82 Å². The molecule has 0 radical (unpaired) electrons. The fraction of sp³-hybridized carbons (Fsp3) is 0.333. The molecule has 0 fully saturated rings. The molecule has 0 saturated heterocycles. The average Bonchev–Trinajstić information content (AvgIpc) is 2.04. The van der Waals surface area contributed by atoms with Crippen molar-refractivity contribution >= 4 is 5.69 Å². The molecule has 0 unspecified atom stereocenters. The van der Waals surface area contributed by atoms with Crippen molar-refractivity contribution in [1.29, 1.82) is 0 Å². The molecule has 0 heterocycles. The summed E-state index contributed by atoms with van der Waals surface area (Å²) >= 11 is 0. The SMILES string of the molecule is CN(C)c1ccc(F)cc1CNN. The van der Waals surface area contributed by atoms with Gasteiger partial charge in [-0.25, -0.2) is 4.39 Å². The third kappa shape index (κ3) is 2.40. The molecule has 0 saturated carbocycles. The Bertz CT molecular complexity index is 286. The molecule has 13 heavy (non-hydrogen) atoms. The van der Waals surface area contributed by atoms with Crippen LogP contribution >= 0.6 is 0 Å². The Morgan fingerprint density at radius 2 is 2.15 bits per heavy atom. The smallest absolute Gasteiger partial charge is 0.123 e. The quantitative estimate of drug-likeness (QED) is 0.539. The first-order chi connectivity index (χ1) is 6.15. The van der Waals surface area contributed by atoms with Crippen LogP contribution in [0.15, 0.2) is 18.2 Å². The van der Waals surface area contributed by atoms with E-state index in [1.54, 1.807) is 6.07 Å². The lowest BCUT2D eigenvalue weighted by molar-refractivity contribution is 0.622. The van der Waals surface area contributed by atoms with Crippen molar-refractivity contribution in [1.82, 2.24) is 5.43 Å². The number of hydrogen-bond acceptors (Lipinski definition) is 3. The fourth-order valence-corrected chi connectivity index (χ4v) is 1.24. The highest BCUT2D eigenvalue weighted by Gasteiger charge is 2.04. The third-order valence-electron chi connectivity index (χ3n) is 1.82. The van der Waals surface area contributed by atoms with Gasteiger partial charge in [0.15, 0.2) is 0 Å². The zero-order valence-electron chi connectivity index (χ0n) is 7.84. The average molecular weight is 183 g/mol. The maximum Gasteiger partial charge on any atom is 0.123 e. The van der Waals surface area contributed by atoms with Gasteiger partial charge in [-0.3, -0.25) is 11.3 Å². The largest absolute Gasteiger partial charge is 0.377 e. The van der Waals surface area contributed by atoms with Crippen LogP contribution in [0.1, 0.15) is 5.56 Å². The van der Waals surface area contributed by atoms with Gasteiger partial charge >= 0.3 is 0 Å². The van der Waals surface area contributed by atoms with Crippen LogP contribution in [0.4, 0.5) is 10.1 Å². The number of nitrogens with zero attached hydrogens (tertiary/aromatic N) is 1. The molecule has 3 nitrogen and oxygen atoms in total. The molecule has 0 aliphatic carbocycles. The van der Waals surface area contributed by atoms with Gasteiger partial charge in [0.05, 0.1) is 0 Å². The number of halogens is 1. The zero-order chi connectivity index (χ0) is 9.84. The first-order valence-corrected chi connectivity index (χ1v) is 4.04. The minimum atomic E-state index is -0.240. The summed E-state index contributed by atoms with van der Waals surface area (Å²) in [6.07, 6.45) is 0. The second-order valence-electron chi connectivity index (χ2n) is 3.05. The predicted molar refractivity (Wildman–Crippen MR) is 51.8 cm³/mol. The van der Waals surface area contributed by atoms with Crippen LogP contribution in [-0.4, -0.2) is 14.1 Å². The van der Waals surface area contributed by atoms with E-state index in [4.69, 9.17) is 5.84 Å². The van der Waals surface area contributed by atoms with Crippen molar-refractivity contribution < 1.29 is 4.39 Å². The molecule has 0 aliphatic heterocycles. The normalized spacial score (nSPS) is 10.2. The number of anilines is 1. The maximum absolute atomic E-state index is 12.8. The van der Waals surface area contributed by atoms with Gasteiger partial charge in [0.25, 0.3) is 0 Å². The first kappa shape index (κ1) is 9.95. The lowest BCUT2D eigenvalue weighted by Crippen LogP contribution is -2.23. The fourth-order valence-electron chi connectivity index (χ4n) is 1.24. The van der Waals surface area contributed by atoms with E-state index in [1.165, 1.54) is 12.1 Å². The minimum Gasteiger partial charge on any atom is -0.377 e. The predicted octanol–water partition coefficient (Wildman–Crippen LogP) is 0.855. The summed E-state index contributed by atoms with van der Waals surface area (Å²) in [5.74, 6) is 4.95. The van der Waals surface area contributed by atoms with Crippen molar-refractivity contribution in [3.8, 4) is 0 Å². The molecule has 0 spiro atoms. The molecule has 72 valence electrons. The number of hydrazine groups is 1. The Labute approximate surface area is 77.3 Å². The van der Waals surface area contributed by atoms with Crippen LogP contribution in [0.5, 0.6) is 0 Å². The molecular weight excluding hydrogens is 169 g/mol. The molecular formula is C9H14FN3. The Hall–Kier alpha value is -1.13. The van der Waals surface area contributed by atoms with E-state index in [9.17, 15) is 4.39 Å². The Morgan fingerprint density at radius 1 is 1.46 bits per heavy atom. The zero-order valence-corrected chi connectivity index (χ0v) is 7.84. The molecule has 1 rings (SSSR count). The Kier molecular flexibility index (Phi) is 3.22. The van der Waals surface area contributed by atoms with Gasteiger partial charge in [-0.15, -0.1) is 0 Å². The summed E-state index contributed by atoms with van der Waals surface area (Å²) in [6, 6.07) is 4.66. The van der Waals surface area contributed by atoms with E-state index >= 15 is 0 Å². The summed E-state index contributed by atoms with van der Waals surface area (Å²) < 4.78 is 12.8. The van der Waals surface area contributed by atoms with Crippen LogP contribution in [-0.2, 0) is 6.54 Å². The molecule has 3 N–H and O–H groups in total. The molecule has 4 heteroatoms. The standard InChI is InChI=1S/C9H14FN3/c1-13(2)9-4-3-8(10)5-7(9)6-12-11/h3-5,12H,6,11H2,1-2H3. The van der Waals surface area contributed by atoms with E-state index in [0.717, 1.165) is 11.3 Å². The molecule has 0 aromatic heterocycles.